The summed E-state index contributed by atoms with van der Waals surface area (Å²) in [7, 11) is 3.62. The van der Waals surface area contributed by atoms with Gasteiger partial charge in [-0.1, -0.05) is 12.1 Å². The first kappa shape index (κ1) is 18.3. The van der Waals surface area contributed by atoms with Gasteiger partial charge in [0.2, 0.25) is 0 Å². The fourth-order valence-electron chi connectivity index (χ4n) is 2.32. The average molecular weight is 343 g/mol. The largest absolute Gasteiger partial charge is 0.490 e. The zero-order valence-electron chi connectivity index (χ0n) is 13.5. The third-order valence-corrected chi connectivity index (χ3v) is 3.50. The fraction of sp³-hybridized carbons (Fsp3) is 0.438. The van der Waals surface area contributed by atoms with E-state index in [4.69, 9.17) is 4.74 Å². The van der Waals surface area contributed by atoms with Gasteiger partial charge in [0.15, 0.2) is 0 Å². The number of ether oxygens (including phenoxy) is 1. The minimum absolute atomic E-state index is 0.219. The molecule has 0 aliphatic heterocycles. The summed E-state index contributed by atoms with van der Waals surface area (Å²) < 4.78 is 45.5. The van der Waals surface area contributed by atoms with Gasteiger partial charge >= 0.3 is 6.18 Å². The van der Waals surface area contributed by atoms with Crippen molar-refractivity contribution in [3.63, 3.8) is 0 Å². The Balaban J connectivity index is 1.87. The highest BCUT2D eigenvalue weighted by atomic mass is 19.4. The van der Waals surface area contributed by atoms with E-state index in [9.17, 15) is 18.3 Å². The van der Waals surface area contributed by atoms with Crippen molar-refractivity contribution in [2.24, 2.45) is 7.05 Å². The van der Waals surface area contributed by atoms with Gasteiger partial charge in [-0.2, -0.15) is 18.3 Å². The van der Waals surface area contributed by atoms with Crippen molar-refractivity contribution in [2.45, 2.75) is 18.8 Å². The molecule has 132 valence electrons. The number of aliphatic hydroxyl groups excluding tert-OH is 1. The summed E-state index contributed by atoms with van der Waals surface area (Å²) in [6.07, 6.45) is -3.72. The van der Waals surface area contributed by atoms with E-state index in [0.29, 0.717) is 6.54 Å². The van der Waals surface area contributed by atoms with E-state index in [-0.39, 0.29) is 18.9 Å². The van der Waals surface area contributed by atoms with E-state index in [0.717, 1.165) is 11.8 Å². The number of para-hydroxylation sites is 1. The Labute approximate surface area is 138 Å². The van der Waals surface area contributed by atoms with Gasteiger partial charge in [-0.05, 0) is 25.2 Å². The smallest absolute Gasteiger partial charge is 0.419 e. The van der Waals surface area contributed by atoms with E-state index < -0.39 is 17.8 Å². The Bertz CT molecular complexity index is 658. The first-order valence-corrected chi connectivity index (χ1v) is 7.40. The molecule has 1 atom stereocenters. The second-order valence-corrected chi connectivity index (χ2v) is 5.60. The van der Waals surface area contributed by atoms with Crippen LogP contribution in [-0.4, -0.2) is 46.1 Å². The summed E-state index contributed by atoms with van der Waals surface area (Å²) in [5, 5.41) is 14.1. The van der Waals surface area contributed by atoms with Crippen LogP contribution >= 0.6 is 0 Å². The van der Waals surface area contributed by atoms with Gasteiger partial charge < -0.3 is 9.84 Å². The number of likely N-dealkylation sites (N-methyl/N-ethyl adjacent to an activating group) is 1. The van der Waals surface area contributed by atoms with Gasteiger partial charge in [0.05, 0.1) is 11.3 Å². The number of aliphatic hydroxyl groups is 1. The Morgan fingerprint density at radius 3 is 2.62 bits per heavy atom. The van der Waals surface area contributed by atoms with Crippen molar-refractivity contribution in [3.05, 3.63) is 47.8 Å². The maximum Gasteiger partial charge on any atom is 0.419 e. The molecule has 0 spiro atoms. The molecule has 1 heterocycles. The number of alkyl halides is 3. The predicted octanol–water partition coefficient (Wildman–Crippen LogP) is 2.31. The van der Waals surface area contributed by atoms with Gasteiger partial charge in [-0.25, -0.2) is 0 Å². The van der Waals surface area contributed by atoms with E-state index >= 15 is 0 Å². The number of hydrogen-bond donors (Lipinski definition) is 1. The number of benzene rings is 1. The molecule has 2 rings (SSSR count). The number of hydrogen-bond acceptors (Lipinski definition) is 4. The molecule has 0 saturated heterocycles. The summed E-state index contributed by atoms with van der Waals surface area (Å²) >= 11 is 0. The van der Waals surface area contributed by atoms with Crippen molar-refractivity contribution in [1.82, 2.24) is 14.7 Å². The first-order chi connectivity index (χ1) is 11.3. The second kappa shape index (κ2) is 7.67. The Hall–Kier alpha value is -2.06. The van der Waals surface area contributed by atoms with Crippen molar-refractivity contribution < 1.29 is 23.0 Å². The molecule has 0 saturated carbocycles. The van der Waals surface area contributed by atoms with E-state index in [1.807, 2.05) is 18.0 Å². The van der Waals surface area contributed by atoms with Crippen LogP contribution in [0.15, 0.2) is 36.5 Å². The highest BCUT2D eigenvalue weighted by molar-refractivity contribution is 5.35. The molecule has 8 heteroatoms. The van der Waals surface area contributed by atoms with Crippen molar-refractivity contribution in [2.75, 3.05) is 20.2 Å². The lowest BCUT2D eigenvalue weighted by molar-refractivity contribution is -0.139. The van der Waals surface area contributed by atoms with Crippen LogP contribution in [0.1, 0.15) is 11.3 Å². The quantitative estimate of drug-likeness (QED) is 0.838. The molecule has 0 bridgehead atoms. The van der Waals surface area contributed by atoms with Crippen LogP contribution in [0.25, 0.3) is 0 Å². The molecular weight excluding hydrogens is 323 g/mol. The minimum atomic E-state index is -4.49. The molecular formula is C16H20F3N3O2. The topological polar surface area (TPSA) is 50.5 Å². The SMILES string of the molecule is CN(Cc1ccnn1C)CC(O)COc1ccccc1C(F)(F)F. The molecule has 24 heavy (non-hydrogen) atoms. The summed E-state index contributed by atoms with van der Waals surface area (Å²) in [5.41, 5.74) is 0.119. The summed E-state index contributed by atoms with van der Waals surface area (Å²) in [6.45, 7) is 0.606. The predicted molar refractivity (Wildman–Crippen MR) is 82.5 cm³/mol. The standard InChI is InChI=1S/C16H20F3N3O2/c1-21(9-12-7-8-20-22(12)2)10-13(23)11-24-15-6-4-3-5-14(15)16(17,18)19/h3-8,13,23H,9-11H2,1-2H3. The van der Waals surface area contributed by atoms with Crippen molar-refractivity contribution in [3.8, 4) is 5.75 Å². The van der Waals surface area contributed by atoms with Crippen LogP contribution in [0.5, 0.6) is 5.75 Å². The Morgan fingerprint density at radius 1 is 1.29 bits per heavy atom. The molecule has 0 aliphatic carbocycles. The van der Waals surface area contributed by atoms with Crippen LogP contribution in [-0.2, 0) is 19.8 Å². The van der Waals surface area contributed by atoms with Crippen LogP contribution in [0.3, 0.4) is 0 Å². The number of rotatable bonds is 7. The lowest BCUT2D eigenvalue weighted by Crippen LogP contribution is -2.33. The zero-order valence-corrected chi connectivity index (χ0v) is 13.5. The number of aromatic nitrogens is 2. The molecule has 1 aromatic carbocycles. The molecule has 0 radical (unpaired) electrons. The van der Waals surface area contributed by atoms with Crippen molar-refractivity contribution >= 4 is 0 Å². The molecule has 1 N–H and O–H groups in total. The van der Waals surface area contributed by atoms with E-state index in [1.54, 1.807) is 17.9 Å². The third kappa shape index (κ3) is 4.97. The molecule has 0 fully saturated rings. The van der Waals surface area contributed by atoms with Crippen LogP contribution in [0.4, 0.5) is 13.2 Å². The molecule has 1 unspecified atom stereocenters. The Kier molecular flexibility index (Phi) is 5.84. The first-order valence-electron chi connectivity index (χ1n) is 7.40. The summed E-state index contributed by atoms with van der Waals surface area (Å²) in [6, 6.07) is 6.82. The minimum Gasteiger partial charge on any atom is -0.490 e. The summed E-state index contributed by atoms with van der Waals surface area (Å²) in [5.74, 6) is -0.279. The van der Waals surface area contributed by atoms with Gasteiger partial charge in [-0.3, -0.25) is 9.58 Å². The molecule has 0 amide bonds. The normalized spacial score (nSPS) is 13.3. The van der Waals surface area contributed by atoms with Crippen molar-refractivity contribution in [1.29, 1.82) is 0 Å². The highest BCUT2D eigenvalue weighted by Gasteiger charge is 2.34. The fourth-order valence-corrected chi connectivity index (χ4v) is 2.32. The van der Waals surface area contributed by atoms with Crippen LogP contribution in [0, 0.1) is 0 Å². The zero-order chi connectivity index (χ0) is 17.7. The number of nitrogens with zero attached hydrogens (tertiary/aromatic N) is 3. The highest BCUT2D eigenvalue weighted by Crippen LogP contribution is 2.35. The molecule has 2 aromatic rings. The maximum atomic E-state index is 12.9. The monoisotopic (exact) mass is 343 g/mol. The second-order valence-electron chi connectivity index (χ2n) is 5.60. The number of aryl methyl sites for hydroxylation is 1. The van der Waals surface area contributed by atoms with Gasteiger partial charge in [0, 0.05) is 26.3 Å². The maximum absolute atomic E-state index is 12.9. The van der Waals surface area contributed by atoms with E-state index in [2.05, 4.69) is 5.10 Å². The van der Waals surface area contributed by atoms with Gasteiger partial charge in [0.1, 0.15) is 18.5 Å². The van der Waals surface area contributed by atoms with Crippen LogP contribution < -0.4 is 4.74 Å². The van der Waals surface area contributed by atoms with Crippen LogP contribution in [0.2, 0.25) is 0 Å². The Morgan fingerprint density at radius 2 is 2.00 bits per heavy atom. The van der Waals surface area contributed by atoms with E-state index in [1.165, 1.54) is 18.2 Å². The van der Waals surface area contributed by atoms with Gasteiger partial charge in [0.25, 0.3) is 0 Å². The molecule has 0 aliphatic rings. The lowest BCUT2D eigenvalue weighted by Gasteiger charge is -2.21. The molecule has 1 aromatic heterocycles. The van der Waals surface area contributed by atoms with Gasteiger partial charge in [-0.15, -0.1) is 0 Å². The summed E-state index contributed by atoms with van der Waals surface area (Å²) in [4.78, 5) is 1.85. The average Bonchev–Trinajstić information content (AvgIpc) is 2.89. The molecule has 5 nitrogen and oxygen atoms in total. The lowest BCUT2D eigenvalue weighted by atomic mass is 10.2. The number of halogens is 3. The third-order valence-electron chi connectivity index (χ3n) is 3.50.